The molecule has 1 amide bonds. The number of anilines is 1. The van der Waals surface area contributed by atoms with Gasteiger partial charge >= 0.3 is 0 Å². The quantitative estimate of drug-likeness (QED) is 0.708. The van der Waals surface area contributed by atoms with E-state index in [2.05, 4.69) is 25.8 Å². The Hall–Kier alpha value is -3.00. The summed E-state index contributed by atoms with van der Waals surface area (Å²) in [5, 5.41) is 15.1. The molecule has 0 aliphatic carbocycles. The van der Waals surface area contributed by atoms with E-state index in [9.17, 15) is 4.79 Å². The SMILES string of the molecule is Cc1c(C(=O)Nc2nc(C3CCNCC3)nn2C)cnn1Cc1ccccc1. The Morgan fingerprint density at radius 3 is 2.75 bits per heavy atom. The summed E-state index contributed by atoms with van der Waals surface area (Å²) in [7, 11) is 1.80. The Kier molecular flexibility index (Phi) is 5.21. The van der Waals surface area contributed by atoms with Crippen molar-refractivity contribution in [1.29, 1.82) is 0 Å². The van der Waals surface area contributed by atoms with E-state index in [1.165, 1.54) is 0 Å². The summed E-state index contributed by atoms with van der Waals surface area (Å²) in [6, 6.07) is 10.1. The van der Waals surface area contributed by atoms with Gasteiger partial charge in [-0.3, -0.25) is 14.8 Å². The zero-order chi connectivity index (χ0) is 19.5. The Morgan fingerprint density at radius 2 is 2.00 bits per heavy atom. The molecule has 1 fully saturated rings. The highest BCUT2D eigenvalue weighted by Crippen LogP contribution is 2.23. The standard InChI is InChI=1S/C20H25N7O/c1-14-17(12-22-27(14)13-15-6-4-3-5-7-15)19(28)24-20-23-18(25-26(20)2)16-8-10-21-11-9-16/h3-7,12,16,21H,8-11,13H2,1-2H3,(H,23,24,25,28). The third-order valence-corrected chi connectivity index (χ3v) is 5.23. The van der Waals surface area contributed by atoms with Crippen molar-refractivity contribution in [2.75, 3.05) is 18.4 Å². The van der Waals surface area contributed by atoms with Gasteiger partial charge in [0.15, 0.2) is 5.82 Å². The van der Waals surface area contributed by atoms with Crippen LogP contribution in [-0.4, -0.2) is 43.5 Å². The second kappa shape index (κ2) is 7.93. The zero-order valence-corrected chi connectivity index (χ0v) is 16.2. The molecule has 4 rings (SSSR count). The highest BCUT2D eigenvalue weighted by Gasteiger charge is 2.22. The van der Waals surface area contributed by atoms with E-state index >= 15 is 0 Å². The fourth-order valence-electron chi connectivity index (χ4n) is 3.52. The first kappa shape index (κ1) is 18.4. The number of rotatable bonds is 5. The monoisotopic (exact) mass is 379 g/mol. The van der Waals surface area contributed by atoms with Crippen molar-refractivity contribution in [2.45, 2.75) is 32.2 Å². The smallest absolute Gasteiger partial charge is 0.261 e. The molecule has 3 aromatic rings. The number of carbonyl (C=O) groups is 1. The number of hydrogen-bond acceptors (Lipinski definition) is 5. The van der Waals surface area contributed by atoms with Crippen LogP contribution in [0.5, 0.6) is 0 Å². The number of piperidine rings is 1. The van der Waals surface area contributed by atoms with Crippen LogP contribution in [0.2, 0.25) is 0 Å². The van der Waals surface area contributed by atoms with Gasteiger partial charge < -0.3 is 5.32 Å². The Bertz CT molecular complexity index is 954. The summed E-state index contributed by atoms with van der Waals surface area (Å²) >= 11 is 0. The van der Waals surface area contributed by atoms with Gasteiger partial charge in [0.25, 0.3) is 5.91 Å². The maximum Gasteiger partial charge on any atom is 0.261 e. The minimum Gasteiger partial charge on any atom is -0.317 e. The molecule has 1 aliphatic heterocycles. The summed E-state index contributed by atoms with van der Waals surface area (Å²) in [5.41, 5.74) is 2.50. The van der Waals surface area contributed by atoms with Crippen molar-refractivity contribution in [3.63, 3.8) is 0 Å². The Morgan fingerprint density at radius 1 is 1.25 bits per heavy atom. The molecule has 28 heavy (non-hydrogen) atoms. The van der Waals surface area contributed by atoms with Gasteiger partial charge in [0.2, 0.25) is 5.95 Å². The summed E-state index contributed by atoms with van der Waals surface area (Å²) in [6.07, 6.45) is 3.64. The Balaban J connectivity index is 1.47. The molecule has 3 heterocycles. The van der Waals surface area contributed by atoms with Crippen LogP contribution >= 0.6 is 0 Å². The van der Waals surface area contributed by atoms with E-state index < -0.39 is 0 Å². The predicted molar refractivity (Wildman–Crippen MR) is 106 cm³/mol. The molecule has 2 N–H and O–H groups in total. The molecule has 1 aromatic carbocycles. The summed E-state index contributed by atoms with van der Waals surface area (Å²) in [6.45, 7) is 4.49. The lowest BCUT2D eigenvalue weighted by Gasteiger charge is -2.19. The number of aryl methyl sites for hydroxylation is 1. The topological polar surface area (TPSA) is 89.7 Å². The van der Waals surface area contributed by atoms with Crippen LogP contribution in [0.4, 0.5) is 5.95 Å². The first-order valence-corrected chi connectivity index (χ1v) is 9.61. The third kappa shape index (κ3) is 3.82. The molecule has 2 aromatic heterocycles. The third-order valence-electron chi connectivity index (χ3n) is 5.23. The molecule has 0 bridgehead atoms. The Labute approximate surface area is 164 Å². The fourth-order valence-corrected chi connectivity index (χ4v) is 3.52. The zero-order valence-electron chi connectivity index (χ0n) is 16.2. The van der Waals surface area contributed by atoms with E-state index in [1.54, 1.807) is 17.9 Å². The second-order valence-electron chi connectivity index (χ2n) is 7.18. The van der Waals surface area contributed by atoms with Gasteiger partial charge in [0, 0.05) is 18.7 Å². The lowest BCUT2D eigenvalue weighted by Crippen LogP contribution is -2.27. The molecule has 1 aliphatic rings. The van der Waals surface area contributed by atoms with E-state index in [-0.39, 0.29) is 5.91 Å². The predicted octanol–water partition coefficient (Wildman–Crippen LogP) is 2.09. The van der Waals surface area contributed by atoms with Crippen molar-refractivity contribution in [1.82, 2.24) is 29.9 Å². The van der Waals surface area contributed by atoms with E-state index in [1.807, 2.05) is 41.9 Å². The van der Waals surface area contributed by atoms with Crippen molar-refractivity contribution in [2.24, 2.45) is 7.05 Å². The van der Waals surface area contributed by atoms with Gasteiger partial charge in [-0.25, -0.2) is 4.68 Å². The molecule has 0 saturated carbocycles. The lowest BCUT2D eigenvalue weighted by atomic mass is 9.98. The number of carbonyl (C=O) groups excluding carboxylic acids is 1. The number of hydrogen-bond donors (Lipinski definition) is 2. The number of amides is 1. The molecule has 8 nitrogen and oxygen atoms in total. The molecule has 0 atom stereocenters. The van der Waals surface area contributed by atoms with Gasteiger partial charge in [-0.15, -0.1) is 0 Å². The largest absolute Gasteiger partial charge is 0.317 e. The maximum atomic E-state index is 12.8. The summed E-state index contributed by atoms with van der Waals surface area (Å²) < 4.78 is 3.47. The van der Waals surface area contributed by atoms with Gasteiger partial charge in [-0.1, -0.05) is 30.3 Å². The molecule has 146 valence electrons. The fraction of sp³-hybridized carbons (Fsp3) is 0.400. The first-order chi connectivity index (χ1) is 13.6. The van der Waals surface area contributed by atoms with Gasteiger partial charge in [-0.05, 0) is 38.4 Å². The number of aromatic nitrogens is 5. The number of nitrogens with one attached hydrogen (secondary N) is 2. The highest BCUT2D eigenvalue weighted by atomic mass is 16.1. The lowest BCUT2D eigenvalue weighted by molar-refractivity contribution is 0.102. The minimum absolute atomic E-state index is 0.218. The number of nitrogens with zero attached hydrogens (tertiary/aromatic N) is 5. The van der Waals surface area contributed by atoms with Crippen LogP contribution < -0.4 is 10.6 Å². The molecular formula is C20H25N7O. The van der Waals surface area contributed by atoms with Crippen molar-refractivity contribution in [3.8, 4) is 0 Å². The average Bonchev–Trinajstić information content (AvgIpc) is 3.26. The van der Waals surface area contributed by atoms with Crippen LogP contribution in [0.3, 0.4) is 0 Å². The molecule has 0 spiro atoms. The van der Waals surface area contributed by atoms with Crippen LogP contribution in [0.15, 0.2) is 36.5 Å². The van der Waals surface area contributed by atoms with E-state index in [0.29, 0.717) is 24.0 Å². The van der Waals surface area contributed by atoms with Crippen molar-refractivity contribution >= 4 is 11.9 Å². The van der Waals surface area contributed by atoms with Crippen LogP contribution in [0.25, 0.3) is 0 Å². The number of benzene rings is 1. The molecule has 1 saturated heterocycles. The van der Waals surface area contributed by atoms with Crippen LogP contribution in [0.1, 0.15) is 46.2 Å². The van der Waals surface area contributed by atoms with Gasteiger partial charge in [0.1, 0.15) is 0 Å². The molecule has 0 radical (unpaired) electrons. The highest BCUT2D eigenvalue weighted by molar-refractivity contribution is 6.04. The van der Waals surface area contributed by atoms with Crippen LogP contribution in [-0.2, 0) is 13.6 Å². The van der Waals surface area contributed by atoms with Gasteiger partial charge in [-0.2, -0.15) is 15.2 Å². The second-order valence-corrected chi connectivity index (χ2v) is 7.18. The summed E-state index contributed by atoms with van der Waals surface area (Å²) in [4.78, 5) is 17.4. The van der Waals surface area contributed by atoms with Crippen molar-refractivity contribution in [3.05, 3.63) is 59.2 Å². The van der Waals surface area contributed by atoms with Gasteiger partial charge in [0.05, 0.1) is 18.3 Å². The van der Waals surface area contributed by atoms with E-state index in [0.717, 1.165) is 43.0 Å². The maximum absolute atomic E-state index is 12.8. The van der Waals surface area contributed by atoms with Crippen LogP contribution in [0, 0.1) is 6.92 Å². The minimum atomic E-state index is -0.218. The van der Waals surface area contributed by atoms with Crippen molar-refractivity contribution < 1.29 is 4.79 Å². The molecular weight excluding hydrogens is 354 g/mol. The normalized spacial score (nSPS) is 14.9. The molecule has 0 unspecified atom stereocenters. The summed E-state index contributed by atoms with van der Waals surface area (Å²) in [5.74, 6) is 1.39. The first-order valence-electron chi connectivity index (χ1n) is 9.61. The van der Waals surface area contributed by atoms with E-state index in [4.69, 9.17) is 0 Å². The average molecular weight is 379 g/mol. The molecule has 8 heteroatoms.